The van der Waals surface area contributed by atoms with Crippen molar-refractivity contribution < 1.29 is 8.78 Å². The van der Waals surface area contributed by atoms with Crippen molar-refractivity contribution >= 4 is 99.5 Å². The second-order valence-corrected chi connectivity index (χ2v) is 22.9. The predicted octanol–water partition coefficient (Wildman–Crippen LogP) is 22.3. The largest absolute Gasteiger partial charge is 0.310 e. The van der Waals surface area contributed by atoms with E-state index in [0.717, 1.165) is 134 Å². The quantitative estimate of drug-likeness (QED) is 0.122. The summed E-state index contributed by atoms with van der Waals surface area (Å²) in [5.74, 6) is -0.632. The van der Waals surface area contributed by atoms with Crippen LogP contribution < -0.4 is 9.80 Å². The van der Waals surface area contributed by atoms with Crippen LogP contribution in [0.25, 0.3) is 111 Å². The zero-order valence-corrected chi connectivity index (χ0v) is 48.6. The Kier molecular flexibility index (Phi) is 12.5. The van der Waals surface area contributed by atoms with E-state index in [2.05, 4.69) is 295 Å². The van der Waals surface area contributed by atoms with Crippen LogP contribution in [0.15, 0.2) is 328 Å². The number of para-hydroxylation sites is 6. The standard InChI is InChI=1S/C82H54F2N6/c83-59-21-17-19-55(47-59)79-49-57-52-82-58(51-81(57)89(79)67-39-35-65(36-40-67)85(61-23-5-1-6-24-61)69-43-45-77-73(53-69)71-31-13-15-33-75(71)87(77)63-27-9-3-10-28-63)50-80(56-20-18-22-60(84)48-56)90(82)68-41-37-66(38-42-68)86(62-25-7-2-8-26-62)70-44-46-78-74(54-70)72-32-14-16-34-76(72)88(78)64-29-11-4-12-30-64/h1-54H. The number of halogens is 2. The van der Waals surface area contributed by atoms with E-state index in [1.165, 1.54) is 22.9 Å². The number of anilines is 6. The van der Waals surface area contributed by atoms with Gasteiger partial charge in [0, 0.05) is 100 Å². The van der Waals surface area contributed by atoms with Crippen LogP contribution in [-0.4, -0.2) is 18.3 Å². The van der Waals surface area contributed by atoms with Gasteiger partial charge >= 0.3 is 0 Å². The smallest absolute Gasteiger partial charge is 0.123 e. The van der Waals surface area contributed by atoms with Crippen molar-refractivity contribution in [3.8, 4) is 45.3 Å². The van der Waals surface area contributed by atoms with E-state index in [9.17, 15) is 0 Å². The molecular formula is C82H54F2N6. The molecule has 90 heavy (non-hydrogen) atoms. The molecule has 8 heteroatoms. The summed E-state index contributed by atoms with van der Waals surface area (Å²) in [6.07, 6.45) is 0. The lowest BCUT2D eigenvalue weighted by atomic mass is 10.1. The molecule has 0 aliphatic carbocycles. The maximum atomic E-state index is 15.4. The van der Waals surface area contributed by atoms with Gasteiger partial charge in [-0.1, -0.05) is 133 Å². The summed E-state index contributed by atoms with van der Waals surface area (Å²) >= 11 is 0. The molecule has 4 aromatic heterocycles. The first kappa shape index (κ1) is 52.3. The highest BCUT2D eigenvalue weighted by Crippen LogP contribution is 2.45. The van der Waals surface area contributed by atoms with Gasteiger partial charge in [0.15, 0.2) is 0 Å². The third kappa shape index (κ3) is 8.83. The van der Waals surface area contributed by atoms with E-state index in [4.69, 9.17) is 0 Å². The lowest BCUT2D eigenvalue weighted by Crippen LogP contribution is -2.10. The van der Waals surface area contributed by atoms with Gasteiger partial charge in [0.1, 0.15) is 11.6 Å². The molecule has 0 spiro atoms. The number of nitrogens with zero attached hydrogens (tertiary/aromatic N) is 6. The highest BCUT2D eigenvalue weighted by molar-refractivity contribution is 6.12. The first-order valence-corrected chi connectivity index (χ1v) is 30.3. The maximum Gasteiger partial charge on any atom is 0.123 e. The van der Waals surface area contributed by atoms with Crippen molar-refractivity contribution in [3.05, 3.63) is 339 Å². The molecule has 0 saturated heterocycles. The minimum absolute atomic E-state index is 0.316. The molecule has 17 rings (SSSR count). The monoisotopic (exact) mass is 1160 g/mol. The van der Waals surface area contributed by atoms with E-state index in [0.29, 0.717) is 0 Å². The van der Waals surface area contributed by atoms with Crippen LogP contribution in [-0.2, 0) is 0 Å². The summed E-state index contributed by atoms with van der Waals surface area (Å²) in [7, 11) is 0. The minimum atomic E-state index is -0.316. The van der Waals surface area contributed by atoms with E-state index in [1.54, 1.807) is 24.3 Å². The van der Waals surface area contributed by atoms with Gasteiger partial charge < -0.3 is 28.1 Å². The number of fused-ring (bicyclic) bond motifs is 8. The number of hydrogen-bond donors (Lipinski definition) is 0. The topological polar surface area (TPSA) is 26.2 Å². The number of aromatic nitrogens is 4. The summed E-state index contributed by atoms with van der Waals surface area (Å²) < 4.78 is 40.0. The fourth-order valence-corrected chi connectivity index (χ4v) is 13.6. The SMILES string of the molecule is Fc1cccc(-c2cc3cc4c(cc(-c5cccc(F)c5)n4-c4ccc(N(c5ccccc5)c5ccc6c(c5)c5ccccc5n6-c5ccccc5)cc4)cc3n2-c2ccc(N(c3ccccc3)c3ccc4c(c3)c3ccccc3n4-c3ccccc3)cc2)c1. The molecule has 0 saturated carbocycles. The summed E-state index contributed by atoms with van der Waals surface area (Å²) in [4.78, 5) is 4.60. The third-order valence-electron chi connectivity index (χ3n) is 17.6. The Morgan fingerprint density at radius 3 is 0.944 bits per heavy atom. The molecule has 0 atom stereocenters. The van der Waals surface area contributed by atoms with Crippen LogP contribution in [0.5, 0.6) is 0 Å². The molecule has 13 aromatic carbocycles. The predicted molar refractivity (Wildman–Crippen MR) is 369 cm³/mol. The van der Waals surface area contributed by atoms with Gasteiger partial charge in [-0.15, -0.1) is 0 Å². The van der Waals surface area contributed by atoms with Gasteiger partial charge in [0.05, 0.1) is 44.5 Å². The van der Waals surface area contributed by atoms with Crippen molar-refractivity contribution in [3.63, 3.8) is 0 Å². The Hall–Kier alpha value is -12.0. The number of benzene rings is 13. The lowest BCUT2D eigenvalue weighted by molar-refractivity contribution is 0.628. The Balaban J connectivity index is 0.794. The van der Waals surface area contributed by atoms with Gasteiger partial charge in [0.2, 0.25) is 0 Å². The summed E-state index contributed by atoms with van der Waals surface area (Å²) in [5.41, 5.74) is 19.7. The second kappa shape index (κ2) is 21.4. The first-order valence-electron chi connectivity index (χ1n) is 30.3. The Labute approximate surface area is 518 Å². The molecule has 0 unspecified atom stereocenters. The molecular weight excluding hydrogens is 1110 g/mol. The molecule has 0 amide bonds. The molecule has 0 fully saturated rings. The molecule has 4 heterocycles. The van der Waals surface area contributed by atoms with Crippen LogP contribution in [0.2, 0.25) is 0 Å². The average molecular weight is 1160 g/mol. The van der Waals surface area contributed by atoms with E-state index in [-0.39, 0.29) is 11.6 Å². The fourth-order valence-electron chi connectivity index (χ4n) is 13.6. The van der Waals surface area contributed by atoms with Crippen molar-refractivity contribution in [2.24, 2.45) is 0 Å². The van der Waals surface area contributed by atoms with Gasteiger partial charge in [-0.05, 0) is 194 Å². The Morgan fingerprint density at radius 2 is 0.544 bits per heavy atom. The Bertz CT molecular complexity index is 5210. The van der Waals surface area contributed by atoms with Crippen molar-refractivity contribution in [1.29, 1.82) is 0 Å². The van der Waals surface area contributed by atoms with Crippen LogP contribution in [0.3, 0.4) is 0 Å². The zero-order chi connectivity index (χ0) is 59.8. The molecule has 0 aliphatic heterocycles. The van der Waals surface area contributed by atoms with E-state index >= 15 is 8.78 Å². The highest BCUT2D eigenvalue weighted by Gasteiger charge is 2.23. The third-order valence-corrected chi connectivity index (χ3v) is 17.6. The second-order valence-electron chi connectivity index (χ2n) is 22.9. The summed E-state index contributed by atoms with van der Waals surface area (Å²) in [6, 6.07) is 112. The summed E-state index contributed by atoms with van der Waals surface area (Å²) in [5, 5.41) is 6.59. The van der Waals surface area contributed by atoms with Crippen LogP contribution >= 0.6 is 0 Å². The number of hydrogen-bond acceptors (Lipinski definition) is 2. The van der Waals surface area contributed by atoms with Crippen LogP contribution in [0.1, 0.15) is 0 Å². The minimum Gasteiger partial charge on any atom is -0.310 e. The molecule has 0 radical (unpaired) electrons. The van der Waals surface area contributed by atoms with Crippen LogP contribution in [0.4, 0.5) is 42.9 Å². The molecule has 426 valence electrons. The van der Waals surface area contributed by atoms with Crippen molar-refractivity contribution in [1.82, 2.24) is 18.3 Å². The molecule has 0 N–H and O–H groups in total. The average Bonchev–Trinajstić information content (AvgIpc) is 1.66. The first-order chi connectivity index (χ1) is 44.5. The van der Waals surface area contributed by atoms with Gasteiger partial charge in [0.25, 0.3) is 0 Å². The van der Waals surface area contributed by atoms with Crippen LogP contribution in [0, 0.1) is 11.6 Å². The van der Waals surface area contributed by atoms with Gasteiger partial charge in [-0.2, -0.15) is 0 Å². The van der Waals surface area contributed by atoms with E-state index in [1.807, 2.05) is 24.3 Å². The van der Waals surface area contributed by atoms with Crippen molar-refractivity contribution in [2.75, 3.05) is 9.80 Å². The number of rotatable bonds is 12. The maximum absolute atomic E-state index is 15.4. The highest BCUT2D eigenvalue weighted by atomic mass is 19.1. The lowest BCUT2D eigenvalue weighted by Gasteiger charge is -2.26. The molecule has 6 nitrogen and oxygen atoms in total. The Morgan fingerprint density at radius 1 is 0.211 bits per heavy atom. The van der Waals surface area contributed by atoms with Gasteiger partial charge in [-0.3, -0.25) is 0 Å². The van der Waals surface area contributed by atoms with Gasteiger partial charge in [-0.25, -0.2) is 8.78 Å². The van der Waals surface area contributed by atoms with E-state index < -0.39 is 0 Å². The molecule has 0 bridgehead atoms. The van der Waals surface area contributed by atoms with Crippen molar-refractivity contribution in [2.45, 2.75) is 0 Å². The zero-order valence-electron chi connectivity index (χ0n) is 48.6. The molecule has 17 aromatic rings. The molecule has 0 aliphatic rings. The normalized spacial score (nSPS) is 11.7. The summed E-state index contributed by atoms with van der Waals surface area (Å²) in [6.45, 7) is 0. The fraction of sp³-hybridized carbons (Fsp3) is 0.